The van der Waals surface area contributed by atoms with Crippen LogP contribution in [-0.4, -0.2) is 17.2 Å². The fourth-order valence-corrected chi connectivity index (χ4v) is 3.29. The van der Waals surface area contributed by atoms with Crippen molar-refractivity contribution in [2.45, 2.75) is 0 Å². The maximum atomic E-state index is 9.23. The summed E-state index contributed by atoms with van der Waals surface area (Å²) in [6.07, 6.45) is 0. The van der Waals surface area contributed by atoms with Crippen LogP contribution >= 0.6 is 33.9 Å². The molecule has 72 valence electrons. The smallest absolute Gasteiger partial charge is 0.423 e. The average Bonchev–Trinajstić information content (AvgIpc) is 2.47. The zero-order valence-corrected chi connectivity index (χ0v) is 10.0. The van der Waals surface area contributed by atoms with E-state index in [1.165, 1.54) is 11.3 Å². The first kappa shape index (κ1) is 10.2. The van der Waals surface area contributed by atoms with Gasteiger partial charge in [-0.15, -0.1) is 11.3 Å². The summed E-state index contributed by atoms with van der Waals surface area (Å²) in [5.74, 6) is 0. The topological polar surface area (TPSA) is 66.5 Å². The maximum absolute atomic E-state index is 9.23. The molecule has 1 aromatic heterocycles. The Kier molecular flexibility index (Phi) is 2.69. The van der Waals surface area contributed by atoms with Gasteiger partial charge in [-0.2, -0.15) is 0 Å². The van der Waals surface area contributed by atoms with Gasteiger partial charge in [0.2, 0.25) is 0 Å². The molecule has 4 N–H and O–H groups in total. The van der Waals surface area contributed by atoms with Crippen molar-refractivity contribution in [1.82, 2.24) is 0 Å². The molecule has 0 aliphatic carbocycles. The number of hydrogen-bond donors (Lipinski definition) is 3. The van der Waals surface area contributed by atoms with Crippen molar-refractivity contribution in [2.24, 2.45) is 0 Å². The van der Waals surface area contributed by atoms with Gasteiger partial charge in [0, 0.05) is 24.5 Å². The largest absolute Gasteiger partial charge is 0.490 e. The van der Waals surface area contributed by atoms with Crippen molar-refractivity contribution in [3.05, 3.63) is 21.1 Å². The molecule has 3 nitrogen and oxygen atoms in total. The zero-order valence-electron chi connectivity index (χ0n) is 7.07. The van der Waals surface area contributed by atoms with Crippen molar-refractivity contribution in [3.8, 4) is 0 Å². The van der Waals surface area contributed by atoms with Gasteiger partial charge in [0.15, 0.2) is 0 Å². The van der Waals surface area contributed by atoms with Crippen LogP contribution in [0, 0.1) is 3.57 Å². The van der Waals surface area contributed by atoms with Gasteiger partial charge in [-0.1, -0.05) is 6.07 Å². The molecule has 14 heavy (non-hydrogen) atoms. The normalized spacial score (nSPS) is 10.8. The number of anilines is 1. The average molecular weight is 319 g/mol. The summed E-state index contributed by atoms with van der Waals surface area (Å²) in [5.41, 5.74) is 6.97. The third-order valence-electron chi connectivity index (χ3n) is 2.02. The first-order valence-electron chi connectivity index (χ1n) is 3.92. The number of thiophene rings is 1. The van der Waals surface area contributed by atoms with Crippen LogP contribution in [-0.2, 0) is 0 Å². The molecule has 0 atom stereocenters. The molecule has 0 bridgehead atoms. The molecule has 0 radical (unpaired) electrons. The predicted octanol–water partition coefficient (Wildman–Crippen LogP) is 0.768. The molecular weight excluding hydrogens is 312 g/mol. The van der Waals surface area contributed by atoms with Gasteiger partial charge in [-0.05, 0) is 28.7 Å². The molecule has 0 saturated heterocycles. The fraction of sp³-hybridized carbons (Fsp3) is 0. The first-order chi connectivity index (χ1) is 6.61. The van der Waals surface area contributed by atoms with E-state index in [1.54, 1.807) is 0 Å². The first-order valence-corrected chi connectivity index (χ1v) is 5.88. The minimum absolute atomic E-state index is 0.546. The Morgan fingerprint density at radius 1 is 1.36 bits per heavy atom. The monoisotopic (exact) mass is 319 g/mol. The summed E-state index contributed by atoms with van der Waals surface area (Å²) in [6.45, 7) is 0. The summed E-state index contributed by atoms with van der Waals surface area (Å²) in [6, 6.07) is 3.73. The molecule has 0 aliphatic heterocycles. The second-order valence-electron chi connectivity index (χ2n) is 2.90. The number of benzene rings is 1. The van der Waals surface area contributed by atoms with Gasteiger partial charge in [-0.3, -0.25) is 0 Å². The molecule has 2 rings (SSSR count). The van der Waals surface area contributed by atoms with Crippen LogP contribution in [0.25, 0.3) is 10.1 Å². The highest BCUT2D eigenvalue weighted by atomic mass is 127. The standard InChI is InChI=1S/C8H7BINO2S/c10-5-2-1-4-6(11)3-14-8(4)7(5)9(12)13/h1-3,12-13H,11H2. The summed E-state index contributed by atoms with van der Waals surface area (Å²) < 4.78 is 1.69. The van der Waals surface area contributed by atoms with Crippen LogP contribution in [0.1, 0.15) is 0 Å². The van der Waals surface area contributed by atoms with Crippen molar-refractivity contribution < 1.29 is 10.0 Å². The van der Waals surface area contributed by atoms with Crippen molar-refractivity contribution >= 4 is 62.3 Å². The number of rotatable bonds is 1. The maximum Gasteiger partial charge on any atom is 0.490 e. The predicted molar refractivity (Wildman–Crippen MR) is 68.8 cm³/mol. The molecule has 0 aliphatic rings. The Labute approximate surface area is 98.8 Å². The second kappa shape index (κ2) is 3.69. The molecule has 0 fully saturated rings. The summed E-state index contributed by atoms with van der Waals surface area (Å²) in [7, 11) is -1.44. The van der Waals surface area contributed by atoms with Crippen LogP contribution < -0.4 is 11.2 Å². The summed E-state index contributed by atoms with van der Waals surface area (Å²) in [5, 5.41) is 21.2. The lowest BCUT2D eigenvalue weighted by molar-refractivity contribution is 0.426. The number of halogens is 1. The molecule has 0 amide bonds. The van der Waals surface area contributed by atoms with E-state index in [0.717, 1.165) is 13.7 Å². The molecule has 0 unspecified atom stereocenters. The quantitative estimate of drug-likeness (QED) is 0.537. The molecular formula is C8H7BINO2S. The number of fused-ring (bicyclic) bond motifs is 1. The van der Waals surface area contributed by atoms with Crippen LogP contribution in [0.3, 0.4) is 0 Å². The molecule has 1 heterocycles. The highest BCUT2D eigenvalue weighted by molar-refractivity contribution is 14.1. The van der Waals surface area contributed by atoms with Gasteiger partial charge >= 0.3 is 7.12 Å². The van der Waals surface area contributed by atoms with Gasteiger partial charge in [0.25, 0.3) is 0 Å². The van der Waals surface area contributed by atoms with Gasteiger partial charge in [0.05, 0.1) is 5.69 Å². The Bertz CT molecular complexity index is 485. The van der Waals surface area contributed by atoms with E-state index in [-0.39, 0.29) is 0 Å². The van der Waals surface area contributed by atoms with Gasteiger partial charge in [0.1, 0.15) is 0 Å². The number of hydrogen-bond acceptors (Lipinski definition) is 4. The van der Waals surface area contributed by atoms with Crippen LogP contribution in [0.4, 0.5) is 5.69 Å². The van der Waals surface area contributed by atoms with E-state index in [2.05, 4.69) is 22.6 Å². The van der Waals surface area contributed by atoms with Crippen LogP contribution in [0.2, 0.25) is 0 Å². The molecule has 1 aromatic carbocycles. The lowest BCUT2D eigenvalue weighted by Crippen LogP contribution is -2.32. The molecule has 0 spiro atoms. The molecule has 6 heteroatoms. The third kappa shape index (κ3) is 1.52. The Hall–Kier alpha value is -0.305. The van der Waals surface area contributed by atoms with Gasteiger partial charge in [-0.25, -0.2) is 0 Å². The van der Waals surface area contributed by atoms with Gasteiger partial charge < -0.3 is 15.8 Å². The molecule has 0 saturated carbocycles. The van der Waals surface area contributed by atoms with Crippen molar-refractivity contribution in [2.75, 3.05) is 5.73 Å². The van der Waals surface area contributed by atoms with E-state index in [9.17, 15) is 10.0 Å². The SMILES string of the molecule is Nc1csc2c(B(O)O)c(I)ccc12. The third-order valence-corrected chi connectivity index (χ3v) is 4.00. The van der Waals surface area contributed by atoms with E-state index < -0.39 is 7.12 Å². The number of nitrogens with two attached hydrogens (primary N) is 1. The van der Waals surface area contributed by atoms with Crippen molar-refractivity contribution in [1.29, 1.82) is 0 Å². The van der Waals surface area contributed by atoms with E-state index in [4.69, 9.17) is 5.73 Å². The van der Waals surface area contributed by atoms with Crippen molar-refractivity contribution in [3.63, 3.8) is 0 Å². The number of nitrogen functional groups attached to an aromatic ring is 1. The Balaban J connectivity index is 2.83. The zero-order chi connectivity index (χ0) is 10.3. The van der Waals surface area contributed by atoms with E-state index >= 15 is 0 Å². The minimum Gasteiger partial charge on any atom is -0.423 e. The lowest BCUT2D eigenvalue weighted by atomic mass is 9.80. The molecule has 2 aromatic rings. The summed E-state index contributed by atoms with van der Waals surface area (Å²) in [4.78, 5) is 0. The highest BCUT2D eigenvalue weighted by Gasteiger charge is 2.20. The highest BCUT2D eigenvalue weighted by Crippen LogP contribution is 2.27. The van der Waals surface area contributed by atoms with Crippen LogP contribution in [0.15, 0.2) is 17.5 Å². The summed E-state index contributed by atoms with van der Waals surface area (Å²) >= 11 is 3.51. The van der Waals surface area contributed by atoms with Crippen LogP contribution in [0.5, 0.6) is 0 Å². The lowest BCUT2D eigenvalue weighted by Gasteiger charge is -2.04. The second-order valence-corrected chi connectivity index (χ2v) is 4.94. The van der Waals surface area contributed by atoms with E-state index in [1.807, 2.05) is 17.5 Å². The minimum atomic E-state index is -1.44. The van der Waals surface area contributed by atoms with E-state index in [0.29, 0.717) is 11.2 Å². The Morgan fingerprint density at radius 3 is 2.71 bits per heavy atom. The fourth-order valence-electron chi connectivity index (χ4n) is 1.36. The Morgan fingerprint density at radius 2 is 2.07 bits per heavy atom.